The first-order chi connectivity index (χ1) is 9.60. The lowest BCUT2D eigenvalue weighted by atomic mass is 10.0. The Kier molecular flexibility index (Phi) is 4.80. The molecule has 20 heavy (non-hydrogen) atoms. The molecule has 2 aromatic carbocycles. The van der Waals surface area contributed by atoms with Crippen LogP contribution in [0.2, 0.25) is 0 Å². The fourth-order valence-corrected chi connectivity index (χ4v) is 2.26. The molecule has 0 fully saturated rings. The standard InChI is InChI=1S/C18H23NO/c1-13-6-5-7-16(10-13)12-20-18-9-8-14(2)11-17(18)15(3)19-4/h5-11,15,19H,12H2,1-4H3. The van der Waals surface area contributed by atoms with E-state index in [0.717, 1.165) is 5.75 Å². The van der Waals surface area contributed by atoms with Gasteiger partial charge in [-0.15, -0.1) is 0 Å². The second-order valence-electron chi connectivity index (χ2n) is 5.33. The summed E-state index contributed by atoms with van der Waals surface area (Å²) >= 11 is 0. The third-order valence-corrected chi connectivity index (χ3v) is 3.54. The summed E-state index contributed by atoms with van der Waals surface area (Å²) in [5.41, 5.74) is 4.93. The maximum atomic E-state index is 6.02. The summed E-state index contributed by atoms with van der Waals surface area (Å²) in [7, 11) is 1.97. The molecular weight excluding hydrogens is 246 g/mol. The van der Waals surface area contributed by atoms with Crippen molar-refractivity contribution in [2.45, 2.75) is 33.4 Å². The maximum Gasteiger partial charge on any atom is 0.124 e. The smallest absolute Gasteiger partial charge is 0.124 e. The maximum absolute atomic E-state index is 6.02. The van der Waals surface area contributed by atoms with Crippen LogP contribution in [-0.2, 0) is 6.61 Å². The highest BCUT2D eigenvalue weighted by molar-refractivity contribution is 5.39. The van der Waals surface area contributed by atoms with Crippen molar-refractivity contribution in [2.24, 2.45) is 0 Å². The molecule has 106 valence electrons. The summed E-state index contributed by atoms with van der Waals surface area (Å²) in [5.74, 6) is 0.957. The zero-order chi connectivity index (χ0) is 14.5. The minimum atomic E-state index is 0.280. The molecule has 1 N–H and O–H groups in total. The zero-order valence-corrected chi connectivity index (χ0v) is 12.7. The first-order valence-electron chi connectivity index (χ1n) is 7.06. The average Bonchev–Trinajstić information content (AvgIpc) is 2.45. The normalized spacial score (nSPS) is 12.2. The summed E-state index contributed by atoms with van der Waals surface area (Å²) < 4.78 is 6.02. The SMILES string of the molecule is CNC(C)c1cc(C)ccc1OCc1cccc(C)c1. The summed E-state index contributed by atoms with van der Waals surface area (Å²) in [6.45, 7) is 6.96. The van der Waals surface area contributed by atoms with Crippen LogP contribution in [0.1, 0.15) is 35.2 Å². The summed E-state index contributed by atoms with van der Waals surface area (Å²) in [4.78, 5) is 0. The van der Waals surface area contributed by atoms with Crippen molar-refractivity contribution in [2.75, 3.05) is 7.05 Å². The van der Waals surface area contributed by atoms with Crippen molar-refractivity contribution >= 4 is 0 Å². The Balaban J connectivity index is 2.16. The minimum absolute atomic E-state index is 0.280. The molecule has 2 aromatic rings. The Morgan fingerprint density at radius 2 is 1.80 bits per heavy atom. The number of aryl methyl sites for hydroxylation is 2. The van der Waals surface area contributed by atoms with E-state index in [9.17, 15) is 0 Å². The molecule has 1 atom stereocenters. The van der Waals surface area contributed by atoms with E-state index in [4.69, 9.17) is 4.74 Å². The Labute approximate surface area is 121 Å². The summed E-state index contributed by atoms with van der Waals surface area (Å²) in [6, 6.07) is 15.1. The minimum Gasteiger partial charge on any atom is -0.489 e. The molecule has 0 saturated heterocycles. The largest absolute Gasteiger partial charge is 0.489 e. The van der Waals surface area contributed by atoms with E-state index in [1.54, 1.807) is 0 Å². The van der Waals surface area contributed by atoms with Gasteiger partial charge in [-0.2, -0.15) is 0 Å². The molecule has 0 aromatic heterocycles. The van der Waals surface area contributed by atoms with Gasteiger partial charge in [-0.25, -0.2) is 0 Å². The lowest BCUT2D eigenvalue weighted by Gasteiger charge is -2.17. The zero-order valence-electron chi connectivity index (χ0n) is 12.7. The monoisotopic (exact) mass is 269 g/mol. The van der Waals surface area contributed by atoms with Gasteiger partial charge in [0, 0.05) is 11.6 Å². The molecule has 0 spiro atoms. The molecule has 0 bridgehead atoms. The number of rotatable bonds is 5. The van der Waals surface area contributed by atoms with Crippen molar-refractivity contribution in [3.63, 3.8) is 0 Å². The summed E-state index contributed by atoms with van der Waals surface area (Å²) in [6.07, 6.45) is 0. The molecule has 2 nitrogen and oxygen atoms in total. The molecule has 0 saturated carbocycles. The van der Waals surface area contributed by atoms with Crippen LogP contribution in [0.5, 0.6) is 5.75 Å². The predicted molar refractivity (Wildman–Crippen MR) is 84.2 cm³/mol. The predicted octanol–water partition coefficient (Wildman–Crippen LogP) is 4.16. The first kappa shape index (κ1) is 14.6. The van der Waals surface area contributed by atoms with Crippen molar-refractivity contribution in [1.82, 2.24) is 5.32 Å². The summed E-state index contributed by atoms with van der Waals surface area (Å²) in [5, 5.41) is 3.28. The molecule has 0 aliphatic rings. The van der Waals surface area contributed by atoms with Crippen LogP contribution in [0.3, 0.4) is 0 Å². The van der Waals surface area contributed by atoms with Gasteiger partial charge >= 0.3 is 0 Å². The van der Waals surface area contributed by atoms with Gasteiger partial charge in [0.15, 0.2) is 0 Å². The first-order valence-corrected chi connectivity index (χ1v) is 7.06. The average molecular weight is 269 g/mol. The second-order valence-corrected chi connectivity index (χ2v) is 5.33. The van der Waals surface area contributed by atoms with Crippen LogP contribution < -0.4 is 10.1 Å². The van der Waals surface area contributed by atoms with Crippen molar-refractivity contribution in [3.8, 4) is 5.75 Å². The number of hydrogen-bond donors (Lipinski definition) is 1. The third kappa shape index (κ3) is 3.61. The van der Waals surface area contributed by atoms with Gasteiger partial charge in [0.2, 0.25) is 0 Å². The van der Waals surface area contributed by atoms with Crippen molar-refractivity contribution < 1.29 is 4.74 Å². The van der Waals surface area contributed by atoms with Crippen LogP contribution in [-0.4, -0.2) is 7.05 Å². The lowest BCUT2D eigenvalue weighted by molar-refractivity contribution is 0.300. The molecule has 2 heteroatoms. The van der Waals surface area contributed by atoms with Crippen LogP contribution in [0.25, 0.3) is 0 Å². The van der Waals surface area contributed by atoms with E-state index in [-0.39, 0.29) is 6.04 Å². The Hall–Kier alpha value is -1.80. The molecule has 0 radical (unpaired) electrons. The van der Waals surface area contributed by atoms with E-state index in [1.165, 1.54) is 22.3 Å². The molecule has 0 amide bonds. The molecule has 0 aliphatic carbocycles. The van der Waals surface area contributed by atoms with E-state index < -0.39 is 0 Å². The van der Waals surface area contributed by atoms with Gasteiger partial charge in [0.25, 0.3) is 0 Å². The molecule has 0 aliphatic heterocycles. The highest BCUT2D eigenvalue weighted by atomic mass is 16.5. The van der Waals surface area contributed by atoms with Crippen LogP contribution in [0, 0.1) is 13.8 Å². The van der Waals surface area contributed by atoms with E-state index >= 15 is 0 Å². The highest BCUT2D eigenvalue weighted by Crippen LogP contribution is 2.27. The lowest BCUT2D eigenvalue weighted by Crippen LogP contribution is -2.14. The van der Waals surface area contributed by atoms with Gasteiger partial charge in [-0.05, 0) is 39.4 Å². The van der Waals surface area contributed by atoms with Gasteiger partial charge in [-0.3, -0.25) is 0 Å². The topological polar surface area (TPSA) is 21.3 Å². The van der Waals surface area contributed by atoms with Gasteiger partial charge in [-0.1, -0.05) is 47.5 Å². The second kappa shape index (κ2) is 6.58. The quantitative estimate of drug-likeness (QED) is 0.880. The van der Waals surface area contributed by atoms with Crippen LogP contribution >= 0.6 is 0 Å². The molecule has 0 heterocycles. The van der Waals surface area contributed by atoms with Gasteiger partial charge in [0.1, 0.15) is 12.4 Å². The molecular formula is C18H23NO. The fourth-order valence-electron chi connectivity index (χ4n) is 2.26. The number of hydrogen-bond acceptors (Lipinski definition) is 2. The highest BCUT2D eigenvalue weighted by Gasteiger charge is 2.10. The van der Waals surface area contributed by atoms with Crippen molar-refractivity contribution in [1.29, 1.82) is 0 Å². The Morgan fingerprint density at radius 3 is 2.50 bits per heavy atom. The third-order valence-electron chi connectivity index (χ3n) is 3.54. The number of nitrogens with one attached hydrogen (secondary N) is 1. The fraction of sp³-hybridized carbons (Fsp3) is 0.333. The van der Waals surface area contributed by atoms with Gasteiger partial charge < -0.3 is 10.1 Å². The Morgan fingerprint density at radius 1 is 1.05 bits per heavy atom. The Bertz CT molecular complexity index is 577. The van der Waals surface area contributed by atoms with Gasteiger partial charge in [0.05, 0.1) is 0 Å². The number of benzene rings is 2. The van der Waals surface area contributed by atoms with E-state index in [0.29, 0.717) is 6.61 Å². The van der Waals surface area contributed by atoms with Crippen molar-refractivity contribution in [3.05, 3.63) is 64.7 Å². The molecule has 1 unspecified atom stereocenters. The number of ether oxygens (including phenoxy) is 1. The molecule has 2 rings (SSSR count). The van der Waals surface area contributed by atoms with E-state index in [2.05, 4.69) is 68.6 Å². The van der Waals surface area contributed by atoms with Crippen LogP contribution in [0.15, 0.2) is 42.5 Å². The van der Waals surface area contributed by atoms with E-state index in [1.807, 2.05) is 7.05 Å². The van der Waals surface area contributed by atoms with Crippen LogP contribution in [0.4, 0.5) is 0 Å².